The van der Waals surface area contributed by atoms with Crippen molar-refractivity contribution in [3.8, 4) is 0 Å². The summed E-state index contributed by atoms with van der Waals surface area (Å²) in [6.07, 6.45) is 0. The molecule has 0 aromatic heterocycles. The van der Waals surface area contributed by atoms with E-state index in [4.69, 9.17) is 11.6 Å². The second-order valence-corrected chi connectivity index (χ2v) is 4.17. The molecule has 2 aromatic rings. The van der Waals surface area contributed by atoms with E-state index in [1.54, 1.807) is 30.3 Å². The Balaban J connectivity index is 2.31. The summed E-state index contributed by atoms with van der Waals surface area (Å²) < 4.78 is 0. The number of anilines is 1. The van der Waals surface area contributed by atoms with Gasteiger partial charge < -0.3 is 15.2 Å². The summed E-state index contributed by atoms with van der Waals surface area (Å²) in [4.78, 5) is 23.0. The average Bonchev–Trinajstić information content (AvgIpc) is 2.41. The van der Waals surface area contributed by atoms with Crippen LogP contribution in [-0.2, 0) is 0 Å². The number of carbonyl (C=O) groups excluding carboxylic acids is 2. The lowest BCUT2D eigenvalue weighted by molar-refractivity contribution is -0.255. The lowest BCUT2D eigenvalue weighted by atomic mass is 10.1. The minimum Gasteiger partial charge on any atom is -0.545 e. The number of carbonyl (C=O) groups is 2. The number of benzene rings is 2. The van der Waals surface area contributed by atoms with Gasteiger partial charge in [-0.2, -0.15) is 0 Å². The van der Waals surface area contributed by atoms with E-state index in [0.29, 0.717) is 10.7 Å². The van der Waals surface area contributed by atoms with Crippen molar-refractivity contribution >= 4 is 29.2 Å². The molecule has 2 aromatic carbocycles. The molecule has 19 heavy (non-hydrogen) atoms. The number of carboxylic acid groups (broad SMARTS) is 1. The molecule has 4 nitrogen and oxygen atoms in total. The molecule has 0 heterocycles. The molecule has 0 bridgehead atoms. The predicted octanol–water partition coefficient (Wildman–Crippen LogP) is 1.96. The molecule has 0 fully saturated rings. The zero-order valence-electron chi connectivity index (χ0n) is 9.72. The molecular weight excluding hydrogens is 266 g/mol. The summed E-state index contributed by atoms with van der Waals surface area (Å²) in [5.41, 5.74) is 0.289. The summed E-state index contributed by atoms with van der Waals surface area (Å²) in [6.45, 7) is 0. The zero-order chi connectivity index (χ0) is 13.8. The highest BCUT2D eigenvalue weighted by Gasteiger charge is 2.12. The van der Waals surface area contributed by atoms with Gasteiger partial charge in [-0.3, -0.25) is 4.79 Å². The zero-order valence-corrected chi connectivity index (χ0v) is 10.5. The first-order valence-corrected chi connectivity index (χ1v) is 5.83. The Morgan fingerprint density at radius 1 is 0.947 bits per heavy atom. The fourth-order valence-electron chi connectivity index (χ4n) is 1.61. The number of halogens is 1. The van der Waals surface area contributed by atoms with Crippen LogP contribution in [0.1, 0.15) is 20.7 Å². The largest absolute Gasteiger partial charge is 0.545 e. The van der Waals surface area contributed by atoms with Crippen molar-refractivity contribution in [2.75, 3.05) is 5.32 Å². The molecule has 5 heteroatoms. The topological polar surface area (TPSA) is 69.2 Å². The Morgan fingerprint density at radius 3 is 2.16 bits per heavy atom. The summed E-state index contributed by atoms with van der Waals surface area (Å²) in [5.74, 6) is -1.95. The van der Waals surface area contributed by atoms with E-state index < -0.39 is 11.9 Å². The van der Waals surface area contributed by atoms with Gasteiger partial charge in [0, 0.05) is 11.1 Å². The Labute approximate surface area is 114 Å². The number of para-hydroxylation sites is 1. The highest BCUT2D eigenvalue weighted by Crippen LogP contribution is 2.21. The molecule has 0 aliphatic carbocycles. The number of rotatable bonds is 3. The fourth-order valence-corrected chi connectivity index (χ4v) is 1.79. The number of carboxylic acids is 1. The Morgan fingerprint density at radius 2 is 1.53 bits per heavy atom. The molecule has 0 unspecified atom stereocenters. The fraction of sp³-hybridized carbons (Fsp3) is 0. The molecule has 0 aliphatic heterocycles. The van der Waals surface area contributed by atoms with E-state index in [-0.39, 0.29) is 11.1 Å². The van der Waals surface area contributed by atoms with Crippen molar-refractivity contribution in [1.82, 2.24) is 0 Å². The maximum absolute atomic E-state index is 12.0. The molecule has 0 aliphatic rings. The van der Waals surface area contributed by atoms with Crippen LogP contribution in [0.2, 0.25) is 5.02 Å². The summed E-state index contributed by atoms with van der Waals surface area (Å²) in [6, 6.07) is 12.5. The van der Waals surface area contributed by atoms with Crippen LogP contribution in [0.4, 0.5) is 5.69 Å². The van der Waals surface area contributed by atoms with Gasteiger partial charge >= 0.3 is 0 Å². The van der Waals surface area contributed by atoms with Crippen LogP contribution in [-0.4, -0.2) is 11.9 Å². The second-order valence-electron chi connectivity index (χ2n) is 3.77. The number of hydrogen-bond donors (Lipinski definition) is 1. The number of aromatic carboxylic acids is 1. The maximum atomic E-state index is 12.0. The first kappa shape index (κ1) is 13.1. The minimum absolute atomic E-state index is 0.0300. The van der Waals surface area contributed by atoms with E-state index in [2.05, 4.69) is 5.32 Å². The highest BCUT2D eigenvalue weighted by molar-refractivity contribution is 6.34. The van der Waals surface area contributed by atoms with E-state index in [1.807, 2.05) is 0 Å². The second kappa shape index (κ2) is 5.54. The van der Waals surface area contributed by atoms with Gasteiger partial charge in [0.2, 0.25) is 0 Å². The van der Waals surface area contributed by atoms with Gasteiger partial charge in [0.15, 0.2) is 0 Å². The lowest BCUT2D eigenvalue weighted by Crippen LogP contribution is -2.26. The molecule has 0 saturated carbocycles. The van der Waals surface area contributed by atoms with Gasteiger partial charge in [0.25, 0.3) is 5.91 Å². The molecule has 0 atom stereocenters. The third kappa shape index (κ3) is 2.92. The van der Waals surface area contributed by atoms with Crippen molar-refractivity contribution in [3.05, 3.63) is 64.7 Å². The predicted molar refractivity (Wildman–Crippen MR) is 70.2 cm³/mol. The smallest absolute Gasteiger partial charge is 0.256 e. The van der Waals surface area contributed by atoms with Crippen molar-refractivity contribution in [2.45, 2.75) is 0 Å². The van der Waals surface area contributed by atoms with Crippen LogP contribution in [0.5, 0.6) is 0 Å². The normalized spacial score (nSPS) is 9.95. The lowest BCUT2D eigenvalue weighted by Gasteiger charge is -2.11. The highest BCUT2D eigenvalue weighted by atomic mass is 35.5. The molecule has 0 spiro atoms. The van der Waals surface area contributed by atoms with Gasteiger partial charge in [-0.1, -0.05) is 41.9 Å². The van der Waals surface area contributed by atoms with Crippen LogP contribution in [0.25, 0.3) is 0 Å². The number of nitrogens with one attached hydrogen (secondary N) is 1. The van der Waals surface area contributed by atoms with E-state index >= 15 is 0 Å². The molecule has 0 radical (unpaired) electrons. The van der Waals surface area contributed by atoms with E-state index in [0.717, 1.165) is 0 Å². The van der Waals surface area contributed by atoms with Crippen LogP contribution in [0.3, 0.4) is 0 Å². The molecule has 2 rings (SSSR count). The van der Waals surface area contributed by atoms with Crippen molar-refractivity contribution in [2.24, 2.45) is 0 Å². The average molecular weight is 275 g/mol. The number of hydrogen-bond acceptors (Lipinski definition) is 3. The Hall–Kier alpha value is -2.33. The maximum Gasteiger partial charge on any atom is 0.256 e. The molecule has 1 amide bonds. The third-order valence-corrected chi connectivity index (χ3v) is 2.84. The molecule has 96 valence electrons. The van der Waals surface area contributed by atoms with E-state index in [9.17, 15) is 14.7 Å². The summed E-state index contributed by atoms with van der Waals surface area (Å²) >= 11 is 5.91. The molecule has 0 saturated heterocycles. The first-order chi connectivity index (χ1) is 9.09. The first-order valence-electron chi connectivity index (χ1n) is 5.46. The monoisotopic (exact) mass is 274 g/mol. The molecular formula is C14H9ClNO3-. The Kier molecular flexibility index (Phi) is 3.82. The van der Waals surface area contributed by atoms with Gasteiger partial charge in [0.05, 0.1) is 16.7 Å². The van der Waals surface area contributed by atoms with Gasteiger partial charge in [-0.05, 0) is 18.2 Å². The van der Waals surface area contributed by atoms with Crippen LogP contribution < -0.4 is 10.4 Å². The van der Waals surface area contributed by atoms with Crippen molar-refractivity contribution < 1.29 is 14.7 Å². The molecule has 1 N–H and O–H groups in total. The SMILES string of the molecule is O=C([O-])c1ccccc1C(=O)Nc1ccccc1Cl. The van der Waals surface area contributed by atoms with Gasteiger partial charge in [-0.15, -0.1) is 0 Å². The minimum atomic E-state index is -1.40. The van der Waals surface area contributed by atoms with Crippen molar-refractivity contribution in [3.63, 3.8) is 0 Å². The van der Waals surface area contributed by atoms with Crippen LogP contribution in [0.15, 0.2) is 48.5 Å². The van der Waals surface area contributed by atoms with Gasteiger partial charge in [-0.25, -0.2) is 0 Å². The van der Waals surface area contributed by atoms with E-state index in [1.165, 1.54) is 18.2 Å². The summed E-state index contributed by atoms with van der Waals surface area (Å²) in [7, 11) is 0. The summed E-state index contributed by atoms with van der Waals surface area (Å²) in [5, 5.41) is 13.9. The third-order valence-electron chi connectivity index (χ3n) is 2.51. The Bertz CT molecular complexity index is 640. The number of amides is 1. The van der Waals surface area contributed by atoms with Gasteiger partial charge in [0.1, 0.15) is 0 Å². The van der Waals surface area contributed by atoms with Crippen LogP contribution in [0, 0.1) is 0 Å². The van der Waals surface area contributed by atoms with Crippen molar-refractivity contribution in [1.29, 1.82) is 0 Å². The standard InChI is InChI=1S/C14H10ClNO3/c15-11-7-3-4-8-12(11)16-13(17)9-5-1-2-6-10(9)14(18)19/h1-8H,(H,16,17)(H,18,19)/p-1. The quantitative estimate of drug-likeness (QED) is 0.930. The van der Waals surface area contributed by atoms with Crippen LogP contribution >= 0.6 is 11.6 Å².